The third-order valence-electron chi connectivity index (χ3n) is 3.14. The molecule has 2 aromatic rings. The van der Waals surface area contributed by atoms with Crippen LogP contribution in [0.25, 0.3) is 11.4 Å². The highest BCUT2D eigenvalue weighted by atomic mass is 35.5. The summed E-state index contributed by atoms with van der Waals surface area (Å²) in [5, 5.41) is 2.40. The quantitative estimate of drug-likeness (QED) is 0.606. The zero-order valence-electron chi connectivity index (χ0n) is 13.2. The number of nitrogens with zero attached hydrogens (tertiary/aromatic N) is 2. The Morgan fingerprint density at radius 1 is 1.42 bits per heavy atom. The van der Waals surface area contributed by atoms with Crippen molar-refractivity contribution in [1.82, 2.24) is 15.2 Å². The fraction of sp³-hybridized carbons (Fsp3) is 0.429. The van der Waals surface area contributed by atoms with E-state index in [-0.39, 0.29) is 22.6 Å². The fourth-order valence-corrected chi connectivity index (χ4v) is 3.68. The maximum atomic E-state index is 14.3. The number of hydrogen-bond donors (Lipinski definition) is 1. The van der Waals surface area contributed by atoms with Crippen molar-refractivity contribution >= 4 is 24.2 Å². The molecule has 1 atom stereocenters. The van der Waals surface area contributed by atoms with E-state index in [0.29, 0.717) is 6.54 Å². The first kappa shape index (κ1) is 19.0. The summed E-state index contributed by atoms with van der Waals surface area (Å²) >= 11 is 4.79. The van der Waals surface area contributed by atoms with E-state index < -0.39 is 24.4 Å². The van der Waals surface area contributed by atoms with Gasteiger partial charge in [-0.25, -0.2) is 4.39 Å². The summed E-state index contributed by atoms with van der Waals surface area (Å²) in [4.78, 5) is 3.43. The van der Waals surface area contributed by atoms with E-state index in [9.17, 15) is 17.7 Å². The lowest BCUT2D eigenvalue weighted by Crippen LogP contribution is -2.24. The van der Waals surface area contributed by atoms with Crippen LogP contribution in [0, 0.1) is 11.7 Å². The van der Waals surface area contributed by atoms with Crippen molar-refractivity contribution < 1.29 is 22.3 Å². The highest BCUT2D eigenvalue weighted by Gasteiger charge is 2.36. The van der Waals surface area contributed by atoms with Gasteiger partial charge >= 0.3 is 11.3 Å². The molecule has 1 unspecified atom stereocenters. The topological polar surface area (TPSA) is 68.0 Å². The lowest BCUT2D eigenvalue weighted by atomic mass is 10.2. The number of nitrogens with one attached hydrogen (secondary N) is 1. The molecule has 0 spiro atoms. The molecule has 1 aromatic heterocycles. The molecule has 0 aliphatic rings. The van der Waals surface area contributed by atoms with Crippen LogP contribution < -0.4 is 10.4 Å². The average molecular weight is 382 g/mol. The Kier molecular flexibility index (Phi) is 5.42. The second-order valence-electron chi connectivity index (χ2n) is 5.77. The Bertz CT molecular complexity index is 777. The molecule has 2 rings (SSSR count). The number of halogens is 4. The molecule has 10 heteroatoms. The highest BCUT2D eigenvalue weighted by Crippen LogP contribution is 2.37. The molecule has 1 N–H and O–H groups in total. The first-order chi connectivity index (χ1) is 11.0. The number of benzene rings is 1. The zero-order valence-corrected chi connectivity index (χ0v) is 14.8. The maximum Gasteiger partial charge on any atom is 0.400 e. The van der Waals surface area contributed by atoms with Crippen molar-refractivity contribution in [2.45, 2.75) is 19.2 Å². The Balaban J connectivity index is 2.30. The minimum absolute atomic E-state index is 0.0123. The van der Waals surface area contributed by atoms with E-state index in [1.54, 1.807) is 0 Å². The normalized spacial score (nSPS) is 14.8. The van der Waals surface area contributed by atoms with Crippen LogP contribution in [0.15, 0.2) is 22.7 Å². The first-order valence-electron chi connectivity index (χ1n) is 7.04. The van der Waals surface area contributed by atoms with Crippen molar-refractivity contribution in [3.63, 3.8) is 0 Å². The minimum Gasteiger partial charge on any atom is -0.331 e. The summed E-state index contributed by atoms with van der Waals surface area (Å²) in [6.07, 6.45) is 0. The smallest absolute Gasteiger partial charge is 0.331 e. The van der Waals surface area contributed by atoms with Crippen molar-refractivity contribution in [2.24, 2.45) is 5.92 Å². The SMILES string of the molecule is CC(C)CNP(C)(=O)c1ccc(-c2noc(C(F)(F)Cl)n2)cc1F. The molecular weight excluding hydrogens is 366 g/mol. The van der Waals surface area contributed by atoms with Gasteiger partial charge in [0.25, 0.3) is 0 Å². The minimum atomic E-state index is -3.80. The molecule has 1 heterocycles. The molecule has 5 nitrogen and oxygen atoms in total. The van der Waals surface area contributed by atoms with Crippen LogP contribution in [0.1, 0.15) is 19.7 Å². The van der Waals surface area contributed by atoms with Gasteiger partial charge in [-0.15, -0.1) is 0 Å². The average Bonchev–Trinajstić information content (AvgIpc) is 2.94. The van der Waals surface area contributed by atoms with Gasteiger partial charge in [-0.2, -0.15) is 13.8 Å². The summed E-state index contributed by atoms with van der Waals surface area (Å²) in [5.74, 6) is -1.82. The van der Waals surface area contributed by atoms with Gasteiger partial charge < -0.3 is 9.09 Å². The number of rotatable bonds is 6. The lowest BCUT2D eigenvalue weighted by molar-refractivity contribution is 0.0551. The van der Waals surface area contributed by atoms with Gasteiger partial charge in [0.15, 0.2) is 7.29 Å². The van der Waals surface area contributed by atoms with E-state index in [4.69, 9.17) is 11.6 Å². The van der Waals surface area contributed by atoms with Gasteiger partial charge in [0.05, 0.1) is 5.30 Å². The molecular formula is C14H16ClF3N3O2P. The molecule has 132 valence electrons. The van der Waals surface area contributed by atoms with E-state index in [1.807, 2.05) is 13.8 Å². The molecule has 0 saturated heterocycles. The van der Waals surface area contributed by atoms with Crippen molar-refractivity contribution in [1.29, 1.82) is 0 Å². The summed E-state index contributed by atoms with van der Waals surface area (Å²) in [6, 6.07) is 3.71. The molecule has 0 radical (unpaired) electrons. The standard InChI is InChI=1S/C14H16ClF3N3O2P/c1-8(2)7-19-24(3,22)11-5-4-9(6-10(11)16)12-20-13(23-21-12)14(15,17)18/h4-6,8H,7H2,1-3H3,(H,19,22). The van der Waals surface area contributed by atoms with Crippen LogP contribution >= 0.6 is 18.9 Å². The molecule has 0 bridgehead atoms. The van der Waals surface area contributed by atoms with E-state index in [2.05, 4.69) is 19.8 Å². The second-order valence-corrected chi connectivity index (χ2v) is 8.89. The second kappa shape index (κ2) is 6.86. The lowest BCUT2D eigenvalue weighted by Gasteiger charge is -2.17. The van der Waals surface area contributed by atoms with Crippen LogP contribution in [0.3, 0.4) is 0 Å². The molecule has 0 aliphatic heterocycles. The van der Waals surface area contributed by atoms with Crippen LogP contribution in [-0.2, 0) is 9.95 Å². The van der Waals surface area contributed by atoms with E-state index in [1.165, 1.54) is 18.8 Å². The van der Waals surface area contributed by atoms with Crippen LogP contribution in [0.4, 0.5) is 13.2 Å². The Hall–Kier alpha value is -1.37. The summed E-state index contributed by atoms with van der Waals surface area (Å²) in [6.45, 7) is 5.77. The Morgan fingerprint density at radius 3 is 2.58 bits per heavy atom. The van der Waals surface area contributed by atoms with Crippen molar-refractivity contribution in [3.05, 3.63) is 29.9 Å². The molecule has 1 aromatic carbocycles. The number of hydrogen-bond acceptors (Lipinski definition) is 4. The van der Waals surface area contributed by atoms with E-state index >= 15 is 0 Å². The largest absolute Gasteiger partial charge is 0.400 e. The predicted octanol–water partition coefficient (Wildman–Crippen LogP) is 3.94. The van der Waals surface area contributed by atoms with Gasteiger partial charge in [0.2, 0.25) is 5.82 Å². The Morgan fingerprint density at radius 2 is 2.08 bits per heavy atom. The third kappa shape index (κ3) is 4.37. The maximum absolute atomic E-state index is 14.3. The molecule has 0 aliphatic carbocycles. The molecule has 0 fully saturated rings. The van der Waals surface area contributed by atoms with Gasteiger partial charge in [0, 0.05) is 18.8 Å². The predicted molar refractivity (Wildman–Crippen MR) is 85.4 cm³/mol. The van der Waals surface area contributed by atoms with Gasteiger partial charge in [-0.05, 0) is 29.7 Å². The molecule has 0 amide bonds. The molecule has 24 heavy (non-hydrogen) atoms. The molecule has 0 saturated carbocycles. The van der Waals surface area contributed by atoms with Crippen LogP contribution in [0.5, 0.6) is 0 Å². The number of alkyl halides is 3. The highest BCUT2D eigenvalue weighted by molar-refractivity contribution is 7.69. The van der Waals surface area contributed by atoms with Crippen LogP contribution in [0.2, 0.25) is 0 Å². The Labute approximate surface area is 142 Å². The van der Waals surface area contributed by atoms with Gasteiger partial charge in [-0.1, -0.05) is 25.1 Å². The van der Waals surface area contributed by atoms with Crippen LogP contribution in [-0.4, -0.2) is 23.4 Å². The monoisotopic (exact) mass is 381 g/mol. The zero-order chi connectivity index (χ0) is 18.1. The first-order valence-corrected chi connectivity index (χ1v) is 9.58. The summed E-state index contributed by atoms with van der Waals surface area (Å²) in [7, 11) is -3.10. The van der Waals surface area contributed by atoms with Gasteiger partial charge in [-0.3, -0.25) is 5.09 Å². The van der Waals surface area contributed by atoms with Crippen molar-refractivity contribution in [2.75, 3.05) is 13.2 Å². The summed E-state index contributed by atoms with van der Waals surface area (Å²) in [5.41, 5.74) is 0.107. The van der Waals surface area contributed by atoms with Gasteiger partial charge in [0.1, 0.15) is 5.82 Å². The summed E-state index contributed by atoms with van der Waals surface area (Å²) < 4.78 is 57.1. The fourth-order valence-electron chi connectivity index (χ4n) is 1.89. The van der Waals surface area contributed by atoms with E-state index in [0.717, 1.165) is 6.07 Å². The number of aromatic nitrogens is 2. The third-order valence-corrected chi connectivity index (χ3v) is 5.37. The van der Waals surface area contributed by atoms with Crippen molar-refractivity contribution in [3.8, 4) is 11.4 Å².